The van der Waals surface area contributed by atoms with Gasteiger partial charge in [0.2, 0.25) is 11.8 Å². The first-order valence-corrected chi connectivity index (χ1v) is 7.26. The predicted octanol–water partition coefficient (Wildman–Crippen LogP) is 2.34. The van der Waals surface area contributed by atoms with Crippen molar-refractivity contribution in [1.29, 1.82) is 0 Å². The summed E-state index contributed by atoms with van der Waals surface area (Å²) in [6.07, 6.45) is 1.90. The van der Waals surface area contributed by atoms with E-state index in [4.69, 9.17) is 0 Å². The van der Waals surface area contributed by atoms with Crippen molar-refractivity contribution in [1.82, 2.24) is 4.90 Å². The van der Waals surface area contributed by atoms with Crippen LogP contribution in [0.15, 0.2) is 24.3 Å². The number of anilines is 2. The van der Waals surface area contributed by atoms with Gasteiger partial charge in [0.15, 0.2) is 0 Å². The van der Waals surface area contributed by atoms with Crippen molar-refractivity contribution in [2.45, 2.75) is 26.7 Å². The molecule has 0 aromatic heterocycles. The molecule has 0 saturated heterocycles. The first kappa shape index (κ1) is 17.0. The SMILES string of the molecule is CCCCN(CC(=O)Nc1ccc(N(C)C)cc1)C(C)=O. The standard InChI is InChI=1S/C16H25N3O2/c1-5-6-11-19(13(2)20)12-16(21)17-14-7-9-15(10-8-14)18(3)4/h7-10H,5-6,11-12H2,1-4H3,(H,17,21). The Morgan fingerprint density at radius 3 is 2.24 bits per heavy atom. The smallest absolute Gasteiger partial charge is 0.243 e. The summed E-state index contributed by atoms with van der Waals surface area (Å²) in [6.45, 7) is 4.28. The van der Waals surface area contributed by atoms with Crippen LogP contribution < -0.4 is 10.2 Å². The van der Waals surface area contributed by atoms with Crippen LogP contribution in [0, 0.1) is 0 Å². The Morgan fingerprint density at radius 2 is 1.76 bits per heavy atom. The van der Waals surface area contributed by atoms with Gasteiger partial charge in [-0.1, -0.05) is 13.3 Å². The fourth-order valence-corrected chi connectivity index (χ4v) is 1.91. The van der Waals surface area contributed by atoms with Gasteiger partial charge >= 0.3 is 0 Å². The van der Waals surface area contributed by atoms with Crippen LogP contribution in [0.5, 0.6) is 0 Å². The summed E-state index contributed by atoms with van der Waals surface area (Å²) in [5, 5.41) is 2.82. The molecule has 2 amide bonds. The van der Waals surface area contributed by atoms with Crippen LogP contribution in [0.3, 0.4) is 0 Å². The summed E-state index contributed by atoms with van der Waals surface area (Å²) in [4.78, 5) is 27.1. The Balaban J connectivity index is 2.57. The summed E-state index contributed by atoms with van der Waals surface area (Å²) < 4.78 is 0. The minimum absolute atomic E-state index is 0.0680. The number of carbonyl (C=O) groups is 2. The van der Waals surface area contributed by atoms with Crippen molar-refractivity contribution in [2.24, 2.45) is 0 Å². The first-order chi connectivity index (χ1) is 9.93. The highest BCUT2D eigenvalue weighted by molar-refractivity contribution is 5.94. The van der Waals surface area contributed by atoms with Gasteiger partial charge in [0, 0.05) is 38.9 Å². The molecule has 21 heavy (non-hydrogen) atoms. The summed E-state index contributed by atoms with van der Waals surface area (Å²) >= 11 is 0. The third kappa shape index (κ3) is 5.85. The second kappa shape index (κ2) is 8.29. The van der Waals surface area contributed by atoms with Crippen molar-refractivity contribution in [3.8, 4) is 0 Å². The van der Waals surface area contributed by atoms with Crippen LogP contribution in [-0.2, 0) is 9.59 Å². The maximum absolute atomic E-state index is 12.0. The van der Waals surface area contributed by atoms with Crippen LogP contribution >= 0.6 is 0 Å². The average molecular weight is 291 g/mol. The van der Waals surface area contributed by atoms with Gasteiger partial charge in [0.1, 0.15) is 0 Å². The lowest BCUT2D eigenvalue weighted by molar-refractivity contribution is -0.132. The number of rotatable bonds is 7. The fraction of sp³-hybridized carbons (Fsp3) is 0.500. The zero-order chi connectivity index (χ0) is 15.8. The Bertz CT molecular complexity index is 469. The Labute approximate surface area is 126 Å². The lowest BCUT2D eigenvalue weighted by Crippen LogP contribution is -2.37. The number of unbranched alkanes of at least 4 members (excludes halogenated alkanes) is 1. The molecule has 0 bridgehead atoms. The normalized spacial score (nSPS) is 10.1. The van der Waals surface area contributed by atoms with Gasteiger partial charge in [-0.05, 0) is 30.7 Å². The molecule has 0 aliphatic rings. The molecule has 1 aromatic carbocycles. The molecule has 0 saturated carbocycles. The highest BCUT2D eigenvalue weighted by Gasteiger charge is 2.13. The van der Waals surface area contributed by atoms with Gasteiger partial charge in [-0.15, -0.1) is 0 Å². The molecule has 0 unspecified atom stereocenters. The molecule has 0 aliphatic carbocycles. The highest BCUT2D eigenvalue weighted by Crippen LogP contribution is 2.15. The third-order valence-corrected chi connectivity index (χ3v) is 3.23. The fourth-order valence-electron chi connectivity index (χ4n) is 1.91. The zero-order valence-electron chi connectivity index (χ0n) is 13.3. The summed E-state index contributed by atoms with van der Waals surface area (Å²) in [5.74, 6) is -0.236. The molecule has 0 spiro atoms. The second-order valence-corrected chi connectivity index (χ2v) is 5.28. The number of hydrogen-bond donors (Lipinski definition) is 1. The number of benzene rings is 1. The molecule has 0 radical (unpaired) electrons. The van der Waals surface area contributed by atoms with Crippen molar-refractivity contribution < 1.29 is 9.59 Å². The number of carbonyl (C=O) groups excluding carboxylic acids is 2. The monoisotopic (exact) mass is 291 g/mol. The summed E-state index contributed by atoms with van der Waals surface area (Å²) in [6, 6.07) is 7.60. The summed E-state index contributed by atoms with van der Waals surface area (Å²) in [7, 11) is 3.93. The Hall–Kier alpha value is -2.04. The molecule has 1 rings (SSSR count). The van der Waals surface area contributed by atoms with E-state index in [1.807, 2.05) is 43.3 Å². The Morgan fingerprint density at radius 1 is 1.14 bits per heavy atom. The van der Waals surface area contributed by atoms with Crippen LogP contribution in [0.1, 0.15) is 26.7 Å². The molecule has 116 valence electrons. The summed E-state index contributed by atoms with van der Waals surface area (Å²) in [5.41, 5.74) is 1.81. The molecular formula is C16H25N3O2. The van der Waals surface area contributed by atoms with Gasteiger partial charge in [0.05, 0.1) is 6.54 Å². The van der Waals surface area contributed by atoms with E-state index < -0.39 is 0 Å². The van der Waals surface area contributed by atoms with Crippen LogP contribution in [-0.4, -0.2) is 43.9 Å². The van der Waals surface area contributed by atoms with Gasteiger partial charge in [0.25, 0.3) is 0 Å². The molecule has 1 aromatic rings. The molecule has 1 N–H and O–H groups in total. The molecular weight excluding hydrogens is 266 g/mol. The number of amides is 2. The molecule has 0 aliphatic heterocycles. The van der Waals surface area contributed by atoms with Gasteiger partial charge in [-0.3, -0.25) is 9.59 Å². The van der Waals surface area contributed by atoms with Crippen molar-refractivity contribution >= 4 is 23.2 Å². The van der Waals surface area contributed by atoms with E-state index in [1.54, 1.807) is 4.90 Å². The van der Waals surface area contributed by atoms with Crippen LogP contribution in [0.4, 0.5) is 11.4 Å². The predicted molar refractivity (Wildman–Crippen MR) is 86.6 cm³/mol. The lowest BCUT2D eigenvalue weighted by atomic mass is 10.2. The van der Waals surface area contributed by atoms with Gasteiger partial charge in [-0.2, -0.15) is 0 Å². The topological polar surface area (TPSA) is 52.7 Å². The first-order valence-electron chi connectivity index (χ1n) is 7.26. The second-order valence-electron chi connectivity index (χ2n) is 5.28. The van der Waals surface area contributed by atoms with E-state index in [0.29, 0.717) is 6.54 Å². The lowest BCUT2D eigenvalue weighted by Gasteiger charge is -2.20. The minimum atomic E-state index is -0.168. The zero-order valence-corrected chi connectivity index (χ0v) is 13.3. The van der Waals surface area contributed by atoms with Crippen LogP contribution in [0.2, 0.25) is 0 Å². The molecule has 0 atom stereocenters. The van der Waals surface area contributed by atoms with Gasteiger partial charge < -0.3 is 15.1 Å². The van der Waals surface area contributed by atoms with E-state index in [0.717, 1.165) is 24.2 Å². The largest absolute Gasteiger partial charge is 0.378 e. The molecule has 5 nitrogen and oxygen atoms in total. The average Bonchev–Trinajstić information content (AvgIpc) is 2.43. The molecule has 0 fully saturated rings. The molecule has 0 heterocycles. The minimum Gasteiger partial charge on any atom is -0.378 e. The van der Waals surface area contributed by atoms with E-state index in [2.05, 4.69) is 12.2 Å². The van der Waals surface area contributed by atoms with Crippen molar-refractivity contribution in [3.05, 3.63) is 24.3 Å². The van der Waals surface area contributed by atoms with Gasteiger partial charge in [-0.25, -0.2) is 0 Å². The Kier molecular flexibility index (Phi) is 6.72. The highest BCUT2D eigenvalue weighted by atomic mass is 16.2. The van der Waals surface area contributed by atoms with Crippen LogP contribution in [0.25, 0.3) is 0 Å². The number of nitrogens with zero attached hydrogens (tertiary/aromatic N) is 2. The third-order valence-electron chi connectivity index (χ3n) is 3.23. The maximum Gasteiger partial charge on any atom is 0.243 e. The van der Waals surface area contributed by atoms with E-state index >= 15 is 0 Å². The number of hydrogen-bond acceptors (Lipinski definition) is 3. The quantitative estimate of drug-likeness (QED) is 0.839. The van der Waals surface area contributed by atoms with Crippen molar-refractivity contribution in [2.75, 3.05) is 37.4 Å². The van der Waals surface area contributed by atoms with Crippen molar-refractivity contribution in [3.63, 3.8) is 0 Å². The number of nitrogens with one attached hydrogen (secondary N) is 1. The van der Waals surface area contributed by atoms with E-state index in [1.165, 1.54) is 6.92 Å². The maximum atomic E-state index is 12.0. The van der Waals surface area contributed by atoms with E-state index in [9.17, 15) is 9.59 Å². The van der Waals surface area contributed by atoms with E-state index in [-0.39, 0.29) is 18.4 Å². The molecule has 5 heteroatoms.